The lowest BCUT2D eigenvalue weighted by molar-refractivity contribution is -0.122. The van der Waals surface area contributed by atoms with E-state index in [1.807, 2.05) is 48.9 Å². The highest BCUT2D eigenvalue weighted by molar-refractivity contribution is 5.95. The number of rotatable bonds is 5. The van der Waals surface area contributed by atoms with Crippen LogP contribution >= 0.6 is 0 Å². The molecule has 156 valence electrons. The van der Waals surface area contributed by atoms with Gasteiger partial charge < -0.3 is 11.1 Å². The van der Waals surface area contributed by atoms with E-state index >= 15 is 0 Å². The van der Waals surface area contributed by atoms with E-state index in [1.165, 1.54) is 0 Å². The van der Waals surface area contributed by atoms with Crippen LogP contribution in [0, 0.1) is 13.8 Å². The van der Waals surface area contributed by atoms with Gasteiger partial charge in [0.05, 0.1) is 17.4 Å². The van der Waals surface area contributed by atoms with Crippen LogP contribution in [0.1, 0.15) is 36.2 Å². The predicted molar refractivity (Wildman–Crippen MR) is 116 cm³/mol. The molecule has 0 bridgehead atoms. The SMILES string of the molecule is Cc1cc(C)n(-c2ccc(NC(=O)C3CCCCN3Cc3cnc(N)nc3)cc2)n1. The number of aromatic nitrogens is 4. The van der Waals surface area contributed by atoms with Crippen molar-refractivity contribution in [2.45, 2.75) is 45.7 Å². The summed E-state index contributed by atoms with van der Waals surface area (Å²) in [6, 6.07) is 9.65. The molecule has 8 heteroatoms. The molecule has 3 aromatic rings. The van der Waals surface area contributed by atoms with E-state index < -0.39 is 0 Å². The molecular weight excluding hydrogens is 378 g/mol. The van der Waals surface area contributed by atoms with E-state index in [2.05, 4.69) is 25.3 Å². The molecule has 0 spiro atoms. The van der Waals surface area contributed by atoms with Crippen molar-refractivity contribution in [3.05, 3.63) is 59.7 Å². The maximum atomic E-state index is 13.0. The Morgan fingerprint density at radius 3 is 2.57 bits per heavy atom. The summed E-state index contributed by atoms with van der Waals surface area (Å²) < 4.78 is 1.90. The number of amides is 1. The Hall–Kier alpha value is -3.26. The lowest BCUT2D eigenvalue weighted by atomic mass is 10.0. The Bertz CT molecular complexity index is 1010. The first-order valence-corrected chi connectivity index (χ1v) is 10.2. The van der Waals surface area contributed by atoms with Crippen molar-refractivity contribution in [1.82, 2.24) is 24.6 Å². The third-order valence-electron chi connectivity index (χ3n) is 5.42. The quantitative estimate of drug-likeness (QED) is 0.677. The van der Waals surface area contributed by atoms with Gasteiger partial charge in [-0.3, -0.25) is 9.69 Å². The number of hydrogen-bond acceptors (Lipinski definition) is 6. The molecule has 2 aromatic heterocycles. The molecule has 1 fully saturated rings. The molecule has 0 saturated carbocycles. The molecule has 0 aliphatic carbocycles. The third kappa shape index (κ3) is 4.49. The molecule has 3 N–H and O–H groups in total. The van der Waals surface area contributed by atoms with Crippen LogP contribution in [-0.2, 0) is 11.3 Å². The minimum Gasteiger partial charge on any atom is -0.368 e. The number of carbonyl (C=O) groups excluding carboxylic acids is 1. The summed E-state index contributed by atoms with van der Waals surface area (Å²) in [7, 11) is 0. The molecule has 1 atom stereocenters. The van der Waals surface area contributed by atoms with Crippen molar-refractivity contribution in [2.24, 2.45) is 0 Å². The molecule has 1 aromatic carbocycles. The molecule has 3 heterocycles. The summed E-state index contributed by atoms with van der Waals surface area (Å²) in [4.78, 5) is 23.3. The van der Waals surface area contributed by atoms with E-state index in [0.29, 0.717) is 6.54 Å². The summed E-state index contributed by atoms with van der Waals surface area (Å²) >= 11 is 0. The predicted octanol–water partition coefficient (Wildman–Crippen LogP) is 2.85. The topological polar surface area (TPSA) is 102 Å². The second-order valence-electron chi connectivity index (χ2n) is 7.81. The van der Waals surface area contributed by atoms with E-state index in [1.54, 1.807) is 12.4 Å². The summed E-state index contributed by atoms with van der Waals surface area (Å²) in [5.74, 6) is 0.278. The van der Waals surface area contributed by atoms with Crippen molar-refractivity contribution in [3.8, 4) is 5.69 Å². The number of nitrogen functional groups attached to an aromatic ring is 1. The number of anilines is 2. The largest absolute Gasteiger partial charge is 0.368 e. The van der Waals surface area contributed by atoms with Gasteiger partial charge >= 0.3 is 0 Å². The van der Waals surface area contributed by atoms with Crippen LogP contribution in [0.15, 0.2) is 42.7 Å². The van der Waals surface area contributed by atoms with Crippen LogP contribution in [0.5, 0.6) is 0 Å². The molecule has 1 aliphatic heterocycles. The van der Waals surface area contributed by atoms with Gasteiger partial charge in [-0.25, -0.2) is 14.6 Å². The molecule has 1 aliphatic rings. The number of nitrogens with zero attached hydrogens (tertiary/aromatic N) is 5. The van der Waals surface area contributed by atoms with Crippen LogP contribution in [0.2, 0.25) is 0 Å². The molecule has 1 amide bonds. The first kappa shape index (κ1) is 20.0. The zero-order valence-corrected chi connectivity index (χ0v) is 17.4. The highest BCUT2D eigenvalue weighted by atomic mass is 16.2. The van der Waals surface area contributed by atoms with Gasteiger partial charge in [0.25, 0.3) is 0 Å². The number of aryl methyl sites for hydroxylation is 2. The van der Waals surface area contributed by atoms with Crippen LogP contribution < -0.4 is 11.1 Å². The average molecular weight is 406 g/mol. The maximum Gasteiger partial charge on any atom is 0.241 e. The van der Waals surface area contributed by atoms with Crippen molar-refractivity contribution in [3.63, 3.8) is 0 Å². The Kier molecular flexibility index (Phi) is 5.76. The maximum absolute atomic E-state index is 13.0. The van der Waals surface area contributed by atoms with Gasteiger partial charge in [0.2, 0.25) is 11.9 Å². The number of hydrogen-bond donors (Lipinski definition) is 2. The van der Waals surface area contributed by atoms with Gasteiger partial charge in [-0.15, -0.1) is 0 Å². The van der Waals surface area contributed by atoms with Gasteiger partial charge in [0.1, 0.15) is 0 Å². The zero-order chi connectivity index (χ0) is 21.1. The number of piperidine rings is 1. The van der Waals surface area contributed by atoms with Gasteiger partial charge in [-0.1, -0.05) is 6.42 Å². The average Bonchev–Trinajstić information content (AvgIpc) is 3.08. The van der Waals surface area contributed by atoms with E-state index in [0.717, 1.165) is 54.1 Å². The van der Waals surface area contributed by atoms with Gasteiger partial charge in [-0.05, 0) is 63.6 Å². The van der Waals surface area contributed by atoms with Crippen molar-refractivity contribution in [2.75, 3.05) is 17.6 Å². The highest BCUT2D eigenvalue weighted by Crippen LogP contribution is 2.22. The molecule has 30 heavy (non-hydrogen) atoms. The Morgan fingerprint density at radius 1 is 1.17 bits per heavy atom. The van der Waals surface area contributed by atoms with Crippen LogP contribution in [0.3, 0.4) is 0 Å². The fourth-order valence-corrected chi connectivity index (χ4v) is 3.96. The van der Waals surface area contributed by atoms with Crippen LogP contribution in [0.25, 0.3) is 5.69 Å². The zero-order valence-electron chi connectivity index (χ0n) is 17.4. The first-order valence-electron chi connectivity index (χ1n) is 10.2. The number of likely N-dealkylation sites (tertiary alicyclic amines) is 1. The minimum absolute atomic E-state index is 0.0185. The first-order chi connectivity index (χ1) is 14.5. The number of benzene rings is 1. The normalized spacial score (nSPS) is 17.1. The number of carbonyl (C=O) groups is 1. The van der Waals surface area contributed by atoms with Crippen molar-refractivity contribution >= 4 is 17.5 Å². The number of nitrogens with one attached hydrogen (secondary N) is 1. The summed E-state index contributed by atoms with van der Waals surface area (Å²) in [5, 5.41) is 7.58. The van der Waals surface area contributed by atoms with Gasteiger partial charge in [-0.2, -0.15) is 5.10 Å². The van der Waals surface area contributed by atoms with Crippen molar-refractivity contribution < 1.29 is 4.79 Å². The smallest absolute Gasteiger partial charge is 0.241 e. The molecule has 1 unspecified atom stereocenters. The fraction of sp³-hybridized carbons (Fsp3) is 0.364. The highest BCUT2D eigenvalue weighted by Gasteiger charge is 2.28. The molecule has 8 nitrogen and oxygen atoms in total. The molecular formula is C22H27N7O. The Morgan fingerprint density at radius 2 is 1.90 bits per heavy atom. The van der Waals surface area contributed by atoms with Gasteiger partial charge in [0.15, 0.2) is 0 Å². The monoisotopic (exact) mass is 405 g/mol. The molecule has 0 radical (unpaired) electrons. The van der Waals surface area contributed by atoms with Crippen LogP contribution in [-0.4, -0.2) is 43.1 Å². The Labute approximate surface area is 176 Å². The van der Waals surface area contributed by atoms with E-state index in [-0.39, 0.29) is 17.9 Å². The molecule has 1 saturated heterocycles. The van der Waals surface area contributed by atoms with Crippen molar-refractivity contribution in [1.29, 1.82) is 0 Å². The fourth-order valence-electron chi connectivity index (χ4n) is 3.96. The standard InChI is InChI=1S/C22H27N7O/c1-15-11-16(2)29(27-15)19-8-6-18(7-9-19)26-21(30)20-5-3-4-10-28(20)14-17-12-24-22(23)25-13-17/h6-9,11-13,20H,3-5,10,14H2,1-2H3,(H,26,30)(H2,23,24,25). The van der Waals surface area contributed by atoms with Crippen LogP contribution in [0.4, 0.5) is 11.6 Å². The van der Waals surface area contributed by atoms with E-state index in [9.17, 15) is 4.79 Å². The minimum atomic E-state index is -0.174. The van der Waals surface area contributed by atoms with Gasteiger partial charge in [0, 0.05) is 35.9 Å². The lowest BCUT2D eigenvalue weighted by Gasteiger charge is -2.34. The summed E-state index contributed by atoms with van der Waals surface area (Å²) in [6.07, 6.45) is 6.42. The lowest BCUT2D eigenvalue weighted by Crippen LogP contribution is -2.46. The van der Waals surface area contributed by atoms with E-state index in [4.69, 9.17) is 5.73 Å². The second-order valence-corrected chi connectivity index (χ2v) is 7.81. The Balaban J connectivity index is 1.43. The third-order valence-corrected chi connectivity index (χ3v) is 5.42. The molecule has 4 rings (SSSR count). The number of nitrogens with two attached hydrogens (primary N) is 1. The summed E-state index contributed by atoms with van der Waals surface area (Å²) in [6.45, 7) is 5.51. The summed E-state index contributed by atoms with van der Waals surface area (Å²) in [5.41, 5.74) is 10.3. The second kappa shape index (κ2) is 8.62.